The Hall–Kier alpha value is -2.65. The molecular weight excluding hydrogens is 334 g/mol. The molecule has 2 unspecified atom stereocenters. The Bertz CT molecular complexity index is 989. The summed E-state index contributed by atoms with van der Waals surface area (Å²) in [4.78, 5) is 14.1. The van der Waals surface area contributed by atoms with Gasteiger partial charge in [0.25, 0.3) is 0 Å². The lowest BCUT2D eigenvalue weighted by atomic mass is 9.89. The number of hydrogen-bond donors (Lipinski definition) is 1. The largest absolute Gasteiger partial charge is 0.480 e. The molecule has 0 spiro atoms. The summed E-state index contributed by atoms with van der Waals surface area (Å²) in [6.07, 6.45) is 1.63. The summed E-state index contributed by atoms with van der Waals surface area (Å²) < 4.78 is 0. The van der Waals surface area contributed by atoms with Crippen molar-refractivity contribution in [3.8, 4) is 0 Å². The average Bonchev–Trinajstić information content (AvgIpc) is 3.15. The summed E-state index contributed by atoms with van der Waals surface area (Å²) in [5.74, 6) is -0.719. The van der Waals surface area contributed by atoms with Crippen molar-refractivity contribution < 1.29 is 9.90 Å². The molecule has 3 nitrogen and oxygen atoms in total. The first kappa shape index (κ1) is 17.7. The van der Waals surface area contributed by atoms with Crippen LogP contribution in [0, 0.1) is 13.8 Å². The molecule has 1 aliphatic heterocycles. The Labute approximate surface area is 160 Å². The number of hydrogen-bond acceptors (Lipinski definition) is 2. The lowest BCUT2D eigenvalue weighted by Gasteiger charge is -2.34. The van der Waals surface area contributed by atoms with E-state index in [1.54, 1.807) is 0 Å². The fourth-order valence-electron chi connectivity index (χ4n) is 4.43. The standard InChI is InChI=1S/C24H25NO2/c1-16-12-13-17(2)21(15-16)23(25-14-6-11-22(25)24(26)27)20-10-5-8-18-7-3-4-9-19(18)20/h3-5,7-10,12-13,15,22-23H,6,11,14H2,1-2H3,(H,26,27). The first-order valence-electron chi connectivity index (χ1n) is 9.59. The number of fused-ring (bicyclic) bond motifs is 1. The zero-order chi connectivity index (χ0) is 19.0. The molecule has 2 atom stereocenters. The van der Waals surface area contributed by atoms with Gasteiger partial charge in [-0.25, -0.2) is 0 Å². The topological polar surface area (TPSA) is 40.5 Å². The van der Waals surface area contributed by atoms with E-state index < -0.39 is 12.0 Å². The first-order chi connectivity index (χ1) is 13.1. The molecular formula is C24H25NO2. The molecule has 0 saturated carbocycles. The number of nitrogens with zero attached hydrogens (tertiary/aromatic N) is 1. The highest BCUT2D eigenvalue weighted by atomic mass is 16.4. The molecule has 1 heterocycles. The summed E-state index contributed by atoms with van der Waals surface area (Å²) >= 11 is 0. The summed E-state index contributed by atoms with van der Waals surface area (Å²) in [5.41, 5.74) is 4.80. The molecule has 0 aliphatic carbocycles. The third-order valence-corrected chi connectivity index (χ3v) is 5.76. The van der Waals surface area contributed by atoms with E-state index in [9.17, 15) is 9.90 Å². The van der Waals surface area contributed by atoms with Crippen LogP contribution in [0.25, 0.3) is 10.8 Å². The van der Waals surface area contributed by atoms with Crippen molar-refractivity contribution in [2.24, 2.45) is 0 Å². The highest BCUT2D eigenvalue weighted by Crippen LogP contribution is 2.39. The van der Waals surface area contributed by atoms with E-state index in [1.165, 1.54) is 33.0 Å². The van der Waals surface area contributed by atoms with Crippen LogP contribution < -0.4 is 0 Å². The Kier molecular flexibility index (Phi) is 4.71. The molecule has 0 radical (unpaired) electrons. The van der Waals surface area contributed by atoms with Gasteiger partial charge in [-0.3, -0.25) is 9.69 Å². The second kappa shape index (κ2) is 7.16. The fourth-order valence-corrected chi connectivity index (χ4v) is 4.43. The maximum absolute atomic E-state index is 12.0. The molecule has 4 rings (SSSR count). The highest BCUT2D eigenvalue weighted by molar-refractivity contribution is 5.86. The normalized spacial score (nSPS) is 18.7. The molecule has 0 amide bonds. The minimum absolute atomic E-state index is 0.0559. The Morgan fingerprint density at radius 3 is 2.63 bits per heavy atom. The lowest BCUT2D eigenvalue weighted by Crippen LogP contribution is -2.39. The van der Waals surface area contributed by atoms with E-state index in [0.717, 1.165) is 13.0 Å². The number of likely N-dealkylation sites (tertiary alicyclic amines) is 1. The van der Waals surface area contributed by atoms with E-state index in [2.05, 4.69) is 79.4 Å². The number of carboxylic acids is 1. The van der Waals surface area contributed by atoms with Gasteiger partial charge in [-0.2, -0.15) is 0 Å². The van der Waals surface area contributed by atoms with E-state index >= 15 is 0 Å². The molecule has 1 saturated heterocycles. The van der Waals surface area contributed by atoms with Crippen LogP contribution in [0.1, 0.15) is 41.1 Å². The predicted octanol–water partition coefficient (Wildman–Crippen LogP) is 5.10. The molecule has 0 bridgehead atoms. The Balaban J connectivity index is 1.96. The van der Waals surface area contributed by atoms with Crippen LogP contribution in [0.3, 0.4) is 0 Å². The van der Waals surface area contributed by atoms with Crippen molar-refractivity contribution in [3.63, 3.8) is 0 Å². The molecule has 1 N–H and O–H groups in total. The molecule has 3 aromatic carbocycles. The van der Waals surface area contributed by atoms with Gasteiger partial charge in [-0.1, -0.05) is 66.2 Å². The van der Waals surface area contributed by atoms with E-state index in [4.69, 9.17) is 0 Å². The van der Waals surface area contributed by atoms with Crippen LogP contribution >= 0.6 is 0 Å². The molecule has 3 aromatic rings. The Morgan fingerprint density at radius 2 is 1.81 bits per heavy atom. The number of carboxylic acid groups (broad SMARTS) is 1. The SMILES string of the molecule is Cc1ccc(C)c(C(c2cccc3ccccc23)N2CCCC2C(=O)O)c1. The summed E-state index contributed by atoms with van der Waals surface area (Å²) in [7, 11) is 0. The van der Waals surface area contributed by atoms with Gasteiger partial charge in [-0.05, 0) is 54.2 Å². The van der Waals surface area contributed by atoms with Crippen molar-refractivity contribution >= 4 is 16.7 Å². The van der Waals surface area contributed by atoms with E-state index in [-0.39, 0.29) is 6.04 Å². The van der Waals surface area contributed by atoms with Gasteiger partial charge in [-0.15, -0.1) is 0 Å². The molecule has 0 aromatic heterocycles. The van der Waals surface area contributed by atoms with Gasteiger partial charge < -0.3 is 5.11 Å². The van der Waals surface area contributed by atoms with Crippen LogP contribution in [0.15, 0.2) is 60.7 Å². The monoisotopic (exact) mass is 359 g/mol. The minimum Gasteiger partial charge on any atom is -0.480 e. The quantitative estimate of drug-likeness (QED) is 0.705. The first-order valence-corrected chi connectivity index (χ1v) is 9.59. The number of aryl methyl sites for hydroxylation is 2. The average molecular weight is 359 g/mol. The van der Waals surface area contributed by atoms with E-state index in [0.29, 0.717) is 6.42 Å². The van der Waals surface area contributed by atoms with Crippen LogP contribution in [0.4, 0.5) is 0 Å². The summed E-state index contributed by atoms with van der Waals surface area (Å²) in [6, 6.07) is 20.7. The zero-order valence-electron chi connectivity index (χ0n) is 15.9. The van der Waals surface area contributed by atoms with Crippen LogP contribution in [0.5, 0.6) is 0 Å². The van der Waals surface area contributed by atoms with Gasteiger partial charge in [0.15, 0.2) is 0 Å². The second-order valence-corrected chi connectivity index (χ2v) is 7.57. The second-order valence-electron chi connectivity index (χ2n) is 7.57. The van der Waals surface area contributed by atoms with Crippen molar-refractivity contribution in [2.45, 2.75) is 38.8 Å². The maximum Gasteiger partial charge on any atom is 0.320 e. The van der Waals surface area contributed by atoms with Crippen molar-refractivity contribution in [1.82, 2.24) is 4.90 Å². The summed E-state index contributed by atoms with van der Waals surface area (Å²) in [5, 5.41) is 12.2. The maximum atomic E-state index is 12.0. The number of aliphatic carboxylic acids is 1. The number of carbonyl (C=O) groups is 1. The van der Waals surface area contributed by atoms with Gasteiger partial charge in [0.1, 0.15) is 6.04 Å². The molecule has 1 aliphatic rings. The number of rotatable bonds is 4. The summed E-state index contributed by atoms with van der Waals surface area (Å²) in [6.45, 7) is 5.03. The number of benzene rings is 3. The van der Waals surface area contributed by atoms with Gasteiger partial charge >= 0.3 is 5.97 Å². The van der Waals surface area contributed by atoms with Gasteiger partial charge in [0.05, 0.1) is 6.04 Å². The predicted molar refractivity (Wildman–Crippen MR) is 109 cm³/mol. The third-order valence-electron chi connectivity index (χ3n) is 5.76. The fraction of sp³-hybridized carbons (Fsp3) is 0.292. The highest BCUT2D eigenvalue weighted by Gasteiger charge is 2.37. The molecule has 3 heteroatoms. The van der Waals surface area contributed by atoms with Gasteiger partial charge in [0.2, 0.25) is 0 Å². The zero-order valence-corrected chi connectivity index (χ0v) is 15.9. The minimum atomic E-state index is -0.719. The van der Waals surface area contributed by atoms with Crippen molar-refractivity contribution in [2.75, 3.05) is 6.54 Å². The third kappa shape index (κ3) is 3.24. The van der Waals surface area contributed by atoms with Crippen LogP contribution in [0.2, 0.25) is 0 Å². The molecule has 138 valence electrons. The van der Waals surface area contributed by atoms with E-state index in [1.807, 2.05) is 0 Å². The Morgan fingerprint density at radius 1 is 1.04 bits per heavy atom. The van der Waals surface area contributed by atoms with Gasteiger partial charge in [0, 0.05) is 6.54 Å². The van der Waals surface area contributed by atoms with Crippen LogP contribution in [-0.2, 0) is 4.79 Å². The van der Waals surface area contributed by atoms with Crippen LogP contribution in [-0.4, -0.2) is 28.6 Å². The van der Waals surface area contributed by atoms with Crippen molar-refractivity contribution in [1.29, 1.82) is 0 Å². The smallest absolute Gasteiger partial charge is 0.320 e. The lowest BCUT2D eigenvalue weighted by molar-refractivity contribution is -0.142. The molecule has 1 fully saturated rings. The van der Waals surface area contributed by atoms with Crippen molar-refractivity contribution in [3.05, 3.63) is 82.9 Å². The molecule has 27 heavy (non-hydrogen) atoms.